The summed E-state index contributed by atoms with van der Waals surface area (Å²) in [6.07, 6.45) is 1.04. The van der Waals surface area contributed by atoms with Crippen molar-refractivity contribution in [1.82, 2.24) is 15.1 Å². The fourth-order valence-electron chi connectivity index (χ4n) is 5.15. The first-order valence-electron chi connectivity index (χ1n) is 11.3. The number of carbonyl (C=O) groups excluding carboxylic acids is 2. The quantitative estimate of drug-likeness (QED) is 0.504. The summed E-state index contributed by atoms with van der Waals surface area (Å²) in [6, 6.07) is 4.95. The number of nitrogens with one attached hydrogen (secondary N) is 1. The number of hydrogen-bond acceptors (Lipinski definition) is 4. The molecule has 1 saturated heterocycles. The van der Waals surface area contributed by atoms with Crippen LogP contribution in [0.25, 0.3) is 0 Å². The van der Waals surface area contributed by atoms with Gasteiger partial charge in [0, 0.05) is 55.6 Å². The molecule has 1 aliphatic heterocycles. The van der Waals surface area contributed by atoms with Gasteiger partial charge in [0.1, 0.15) is 0 Å². The van der Waals surface area contributed by atoms with Gasteiger partial charge in [-0.15, -0.1) is 0 Å². The number of alkyl halides is 2. The summed E-state index contributed by atoms with van der Waals surface area (Å²) in [5, 5.41) is 1.84. The number of piperazine rings is 1. The fourth-order valence-corrected chi connectivity index (χ4v) is 5.33. The molecule has 2 saturated carbocycles. The van der Waals surface area contributed by atoms with E-state index in [1.165, 1.54) is 0 Å². The Kier molecular flexibility index (Phi) is 6.46. The number of amides is 2. The van der Waals surface area contributed by atoms with E-state index in [2.05, 4.69) is 5.32 Å². The molecular weight excluding hydrogens is 447 g/mol. The van der Waals surface area contributed by atoms with E-state index >= 15 is 0 Å². The Balaban J connectivity index is 1.25. The monoisotopic (exact) mass is 474 g/mol. The van der Waals surface area contributed by atoms with Gasteiger partial charge in [0.15, 0.2) is 0 Å². The summed E-state index contributed by atoms with van der Waals surface area (Å²) in [7, 11) is 12.8. The van der Waals surface area contributed by atoms with E-state index in [1.54, 1.807) is 23.1 Å². The van der Waals surface area contributed by atoms with Crippen LogP contribution in [0.5, 0.6) is 0 Å². The van der Waals surface area contributed by atoms with Crippen LogP contribution in [0, 0.1) is 11.3 Å². The highest BCUT2D eigenvalue weighted by Crippen LogP contribution is 2.63. The van der Waals surface area contributed by atoms with Crippen LogP contribution in [0.3, 0.4) is 0 Å². The van der Waals surface area contributed by atoms with Crippen LogP contribution in [-0.2, 0) is 14.9 Å². The predicted octanol–water partition coefficient (Wildman–Crippen LogP) is 1.85. The summed E-state index contributed by atoms with van der Waals surface area (Å²) >= 11 is 6.07. The summed E-state index contributed by atoms with van der Waals surface area (Å²) in [6.45, 7) is 1.54. The molecule has 174 valence electrons. The molecule has 4 radical (unpaired) electrons. The number of nitrogens with zero attached hydrogens (tertiary/aromatic N) is 2. The molecule has 33 heavy (non-hydrogen) atoms. The topological polar surface area (TPSA) is 78.7 Å². The maximum absolute atomic E-state index is 13.4. The van der Waals surface area contributed by atoms with E-state index < -0.39 is 11.3 Å². The van der Waals surface area contributed by atoms with Crippen molar-refractivity contribution in [1.29, 1.82) is 0 Å². The van der Waals surface area contributed by atoms with Crippen molar-refractivity contribution < 1.29 is 18.4 Å². The smallest absolute Gasteiger partial charge is 0.248 e. The molecule has 2 amide bonds. The van der Waals surface area contributed by atoms with Crippen molar-refractivity contribution in [3.05, 3.63) is 28.8 Å². The standard InChI is InChI=1S/C22H27B2ClF2N4O2/c23-22(24,15-11-14(25)1-2-17(15)28)31-9-7-30(8-10-31)18(32)13-29-19(33)16-12-20(16)3-5-21(26,27)6-4-20/h1-2,11,16H,3-10,12-13,28H2,(H,29,33)/t16-/m0/s1. The van der Waals surface area contributed by atoms with Gasteiger partial charge in [0.25, 0.3) is 0 Å². The summed E-state index contributed by atoms with van der Waals surface area (Å²) < 4.78 is 26.8. The van der Waals surface area contributed by atoms with Gasteiger partial charge in [-0.1, -0.05) is 11.6 Å². The van der Waals surface area contributed by atoms with Gasteiger partial charge in [0.05, 0.1) is 22.2 Å². The second-order valence-corrected chi connectivity index (χ2v) is 10.1. The first-order chi connectivity index (χ1) is 15.4. The molecule has 0 bridgehead atoms. The van der Waals surface area contributed by atoms with E-state index in [0.717, 1.165) is 0 Å². The normalized spacial score (nSPS) is 24.5. The highest BCUT2D eigenvalue weighted by molar-refractivity contribution is 6.40. The van der Waals surface area contributed by atoms with Crippen molar-refractivity contribution >= 4 is 44.8 Å². The Bertz CT molecular complexity index is 931. The van der Waals surface area contributed by atoms with Gasteiger partial charge in [-0.25, -0.2) is 8.78 Å². The fraction of sp³-hybridized carbons (Fsp3) is 0.636. The predicted molar refractivity (Wildman–Crippen MR) is 124 cm³/mol. The zero-order valence-corrected chi connectivity index (χ0v) is 19.2. The highest BCUT2D eigenvalue weighted by atomic mass is 35.5. The molecule has 1 spiro atoms. The average molecular weight is 475 g/mol. The van der Waals surface area contributed by atoms with Crippen molar-refractivity contribution in [3.8, 4) is 0 Å². The minimum Gasteiger partial charge on any atom is -0.398 e. The summed E-state index contributed by atoms with van der Waals surface area (Å²) in [4.78, 5) is 28.6. The Morgan fingerprint density at radius 2 is 1.79 bits per heavy atom. The Hall–Kier alpha value is -1.80. The van der Waals surface area contributed by atoms with E-state index in [1.807, 2.05) is 4.90 Å². The first kappa shape index (κ1) is 24.3. The van der Waals surface area contributed by atoms with Crippen molar-refractivity contribution in [2.45, 2.75) is 43.4 Å². The van der Waals surface area contributed by atoms with Crippen LogP contribution >= 0.6 is 11.6 Å². The molecule has 6 nitrogen and oxygen atoms in total. The van der Waals surface area contributed by atoms with Gasteiger partial charge in [-0.2, -0.15) is 0 Å². The Morgan fingerprint density at radius 1 is 1.15 bits per heavy atom. The number of nitrogen functional groups attached to an aromatic ring is 1. The lowest BCUT2D eigenvalue weighted by atomic mass is 9.56. The number of rotatable bonds is 5. The second-order valence-electron chi connectivity index (χ2n) is 9.62. The zero-order valence-electron chi connectivity index (χ0n) is 18.5. The summed E-state index contributed by atoms with van der Waals surface area (Å²) in [5.74, 6) is -3.30. The van der Waals surface area contributed by atoms with E-state index in [-0.39, 0.29) is 42.5 Å². The maximum atomic E-state index is 13.4. The summed E-state index contributed by atoms with van der Waals surface area (Å²) in [5.41, 5.74) is 6.69. The molecule has 3 fully saturated rings. The Labute approximate surface area is 200 Å². The van der Waals surface area contributed by atoms with Crippen LogP contribution in [0.1, 0.15) is 37.7 Å². The van der Waals surface area contributed by atoms with Crippen molar-refractivity contribution in [3.63, 3.8) is 0 Å². The van der Waals surface area contributed by atoms with Gasteiger partial charge < -0.3 is 20.9 Å². The molecule has 0 aromatic heterocycles. The zero-order chi connectivity index (χ0) is 24.0. The van der Waals surface area contributed by atoms with Crippen LogP contribution in [0.4, 0.5) is 14.5 Å². The molecule has 1 heterocycles. The number of carbonyl (C=O) groups is 2. The molecule has 3 N–H and O–H groups in total. The van der Waals surface area contributed by atoms with Crippen LogP contribution in [-0.4, -0.2) is 76.0 Å². The van der Waals surface area contributed by atoms with Gasteiger partial charge in [-0.05, 0) is 53.8 Å². The third kappa shape index (κ3) is 5.02. The number of halogens is 3. The third-order valence-corrected chi connectivity index (χ3v) is 7.73. The lowest BCUT2D eigenvalue weighted by molar-refractivity contribution is -0.135. The second kappa shape index (κ2) is 8.77. The minimum atomic E-state index is -2.61. The molecule has 11 heteroatoms. The van der Waals surface area contributed by atoms with E-state index in [9.17, 15) is 18.4 Å². The van der Waals surface area contributed by atoms with Gasteiger partial charge in [0.2, 0.25) is 17.7 Å². The molecule has 0 unspecified atom stereocenters. The molecule has 2 aliphatic carbocycles. The lowest BCUT2D eigenvalue weighted by Gasteiger charge is -2.46. The molecular formula is C22H27B2ClF2N4O2. The highest BCUT2D eigenvalue weighted by Gasteiger charge is 2.60. The van der Waals surface area contributed by atoms with E-state index in [4.69, 9.17) is 33.0 Å². The average Bonchev–Trinajstić information content (AvgIpc) is 3.50. The van der Waals surface area contributed by atoms with Gasteiger partial charge in [-0.3, -0.25) is 9.59 Å². The third-order valence-electron chi connectivity index (χ3n) is 7.50. The number of hydrogen-bond donors (Lipinski definition) is 2. The molecule has 1 aromatic carbocycles. The van der Waals surface area contributed by atoms with Crippen LogP contribution in [0.2, 0.25) is 5.02 Å². The van der Waals surface area contributed by atoms with Crippen LogP contribution < -0.4 is 11.1 Å². The molecule has 4 rings (SSSR count). The Morgan fingerprint density at radius 3 is 2.42 bits per heavy atom. The lowest BCUT2D eigenvalue weighted by Crippen LogP contribution is -2.58. The minimum absolute atomic E-state index is 0.112. The van der Waals surface area contributed by atoms with Gasteiger partial charge >= 0.3 is 0 Å². The molecule has 1 atom stereocenters. The van der Waals surface area contributed by atoms with Crippen LogP contribution in [0.15, 0.2) is 18.2 Å². The number of anilines is 1. The maximum Gasteiger partial charge on any atom is 0.248 e. The first-order valence-corrected chi connectivity index (χ1v) is 11.6. The van der Waals surface area contributed by atoms with Crippen molar-refractivity contribution in [2.24, 2.45) is 11.3 Å². The van der Waals surface area contributed by atoms with Crippen molar-refractivity contribution in [2.75, 3.05) is 38.5 Å². The number of nitrogens with two attached hydrogens (primary N) is 1. The number of benzene rings is 1. The van der Waals surface area contributed by atoms with E-state index in [0.29, 0.717) is 61.7 Å². The molecule has 3 aliphatic rings. The molecule has 1 aromatic rings. The largest absolute Gasteiger partial charge is 0.398 e. The SMILES string of the molecule is [B]C([B])(c1cc(Cl)ccc1N)N1CCN(C(=O)CNC(=O)[C@@H]2CC23CCC(F)(F)CC3)CC1.